The maximum absolute atomic E-state index is 11.9. The Labute approximate surface area is 102 Å². The number of nitrogens with one attached hydrogen (secondary N) is 1. The Balaban J connectivity index is 1.82. The number of rotatable bonds is 4. The molecule has 1 aromatic rings. The Kier molecular flexibility index (Phi) is 3.82. The minimum absolute atomic E-state index is 0.109. The molecule has 0 bridgehead atoms. The highest BCUT2D eigenvalue weighted by molar-refractivity contribution is 5.80. The van der Waals surface area contributed by atoms with E-state index in [2.05, 4.69) is 23.4 Å². The van der Waals surface area contributed by atoms with Crippen molar-refractivity contribution >= 4 is 5.91 Å². The van der Waals surface area contributed by atoms with E-state index >= 15 is 0 Å². The lowest BCUT2D eigenvalue weighted by atomic mass is 10.1. The highest BCUT2D eigenvalue weighted by Crippen LogP contribution is 2.26. The molecule has 0 saturated carbocycles. The van der Waals surface area contributed by atoms with Gasteiger partial charge in [-0.05, 0) is 30.4 Å². The second kappa shape index (κ2) is 5.54. The highest BCUT2D eigenvalue weighted by Gasteiger charge is 2.26. The average Bonchev–Trinajstić information content (AvgIpc) is 2.78. The van der Waals surface area contributed by atoms with Crippen LogP contribution in [0, 0.1) is 18.3 Å². The van der Waals surface area contributed by atoms with E-state index in [1.165, 1.54) is 11.1 Å². The molecule has 1 aliphatic rings. The third-order valence-electron chi connectivity index (χ3n) is 3.22. The van der Waals surface area contributed by atoms with Crippen LogP contribution in [0.2, 0.25) is 0 Å². The molecule has 88 valence electrons. The summed E-state index contributed by atoms with van der Waals surface area (Å²) in [5.74, 6) is 2.85. The zero-order chi connectivity index (χ0) is 12.1. The van der Waals surface area contributed by atoms with Crippen molar-refractivity contribution in [3.05, 3.63) is 35.4 Å². The number of carbonyl (C=O) groups excluding carboxylic acids is 1. The minimum Gasteiger partial charge on any atom is -0.356 e. The van der Waals surface area contributed by atoms with Crippen molar-refractivity contribution < 1.29 is 4.79 Å². The highest BCUT2D eigenvalue weighted by atomic mass is 16.1. The predicted molar refractivity (Wildman–Crippen MR) is 68.4 cm³/mol. The van der Waals surface area contributed by atoms with E-state index in [9.17, 15) is 4.79 Å². The van der Waals surface area contributed by atoms with Gasteiger partial charge in [0.25, 0.3) is 0 Å². The van der Waals surface area contributed by atoms with Crippen molar-refractivity contribution in [3.8, 4) is 12.3 Å². The Morgan fingerprint density at radius 2 is 2.00 bits per heavy atom. The van der Waals surface area contributed by atoms with E-state index in [0.717, 1.165) is 25.7 Å². The summed E-state index contributed by atoms with van der Waals surface area (Å²) in [6.07, 6.45) is 8.50. The lowest BCUT2D eigenvalue weighted by Gasteiger charge is -2.09. The zero-order valence-electron chi connectivity index (χ0n) is 9.91. The van der Waals surface area contributed by atoms with Gasteiger partial charge < -0.3 is 5.32 Å². The summed E-state index contributed by atoms with van der Waals surface area (Å²) in [6.45, 7) is 0.690. The van der Waals surface area contributed by atoms with E-state index in [4.69, 9.17) is 6.42 Å². The topological polar surface area (TPSA) is 29.1 Å². The Bertz CT molecular complexity index is 419. The summed E-state index contributed by atoms with van der Waals surface area (Å²) in [5.41, 5.74) is 2.63. The number of unbranched alkanes of at least 4 members (excludes halogenated alkanes) is 1. The second-order valence-corrected chi connectivity index (χ2v) is 4.47. The number of carbonyl (C=O) groups is 1. The molecule has 17 heavy (non-hydrogen) atoms. The lowest BCUT2D eigenvalue weighted by molar-refractivity contribution is -0.124. The lowest BCUT2D eigenvalue weighted by Crippen LogP contribution is -2.31. The first-order valence-electron chi connectivity index (χ1n) is 6.09. The van der Waals surface area contributed by atoms with Crippen molar-refractivity contribution in [1.82, 2.24) is 5.32 Å². The minimum atomic E-state index is 0.109. The van der Waals surface area contributed by atoms with Crippen LogP contribution in [0.15, 0.2) is 24.3 Å². The summed E-state index contributed by atoms with van der Waals surface area (Å²) in [7, 11) is 0. The Hall–Kier alpha value is -1.75. The molecule has 0 fully saturated rings. The van der Waals surface area contributed by atoms with Crippen molar-refractivity contribution in [2.45, 2.75) is 25.7 Å². The molecule has 1 aromatic carbocycles. The molecule has 1 aliphatic carbocycles. The van der Waals surface area contributed by atoms with Crippen LogP contribution in [0.3, 0.4) is 0 Å². The van der Waals surface area contributed by atoms with Crippen molar-refractivity contribution in [3.63, 3.8) is 0 Å². The molecule has 2 heteroatoms. The van der Waals surface area contributed by atoms with Crippen molar-refractivity contribution in [2.24, 2.45) is 5.92 Å². The SMILES string of the molecule is C#CCCCNC(=O)C1Cc2ccccc2C1. The van der Waals surface area contributed by atoms with Crippen molar-refractivity contribution in [1.29, 1.82) is 0 Å². The molecule has 0 aliphatic heterocycles. The van der Waals surface area contributed by atoms with Crippen LogP contribution in [0.25, 0.3) is 0 Å². The maximum Gasteiger partial charge on any atom is 0.223 e. The molecule has 1 amide bonds. The van der Waals surface area contributed by atoms with Gasteiger partial charge in [0, 0.05) is 18.9 Å². The molecule has 0 radical (unpaired) electrons. The second-order valence-electron chi connectivity index (χ2n) is 4.47. The van der Waals surface area contributed by atoms with E-state index < -0.39 is 0 Å². The average molecular weight is 227 g/mol. The number of amides is 1. The van der Waals surface area contributed by atoms with E-state index in [0.29, 0.717) is 6.54 Å². The largest absolute Gasteiger partial charge is 0.356 e. The number of hydrogen-bond donors (Lipinski definition) is 1. The summed E-state index contributed by atoms with van der Waals surface area (Å²) in [6, 6.07) is 8.29. The van der Waals surface area contributed by atoms with Gasteiger partial charge in [0.2, 0.25) is 5.91 Å². The van der Waals surface area contributed by atoms with Crippen LogP contribution in [0.5, 0.6) is 0 Å². The zero-order valence-corrected chi connectivity index (χ0v) is 9.91. The normalized spacial score (nSPS) is 14.1. The molecule has 2 rings (SSSR count). The monoisotopic (exact) mass is 227 g/mol. The van der Waals surface area contributed by atoms with E-state index in [1.807, 2.05) is 12.1 Å². The molecule has 0 aromatic heterocycles. The van der Waals surface area contributed by atoms with Crippen LogP contribution in [0.4, 0.5) is 0 Å². The number of hydrogen-bond acceptors (Lipinski definition) is 1. The van der Waals surface area contributed by atoms with Crippen LogP contribution >= 0.6 is 0 Å². The van der Waals surface area contributed by atoms with Crippen LogP contribution < -0.4 is 5.32 Å². The third kappa shape index (κ3) is 2.88. The summed E-state index contributed by atoms with van der Waals surface area (Å²) in [4.78, 5) is 11.9. The van der Waals surface area contributed by atoms with E-state index in [-0.39, 0.29) is 11.8 Å². The van der Waals surface area contributed by atoms with Crippen molar-refractivity contribution in [2.75, 3.05) is 6.54 Å². The Morgan fingerprint density at radius 1 is 1.35 bits per heavy atom. The molecule has 0 unspecified atom stereocenters. The van der Waals surface area contributed by atoms with E-state index in [1.54, 1.807) is 0 Å². The fourth-order valence-corrected chi connectivity index (χ4v) is 2.29. The number of terminal acetylenes is 1. The molecule has 0 atom stereocenters. The first-order valence-corrected chi connectivity index (χ1v) is 6.09. The van der Waals surface area contributed by atoms with Gasteiger partial charge in [-0.25, -0.2) is 0 Å². The van der Waals surface area contributed by atoms with Crippen LogP contribution in [-0.4, -0.2) is 12.5 Å². The number of fused-ring (bicyclic) bond motifs is 1. The molecule has 2 nitrogen and oxygen atoms in total. The van der Waals surface area contributed by atoms with Gasteiger partial charge in [0.15, 0.2) is 0 Å². The first kappa shape index (κ1) is 11.7. The van der Waals surface area contributed by atoms with Crippen LogP contribution in [0.1, 0.15) is 24.0 Å². The standard InChI is InChI=1S/C15H17NO/c1-2-3-6-9-16-15(17)14-10-12-7-4-5-8-13(12)11-14/h1,4-5,7-8,14H,3,6,9-11H2,(H,16,17). The molecule has 0 saturated heterocycles. The van der Waals surface area contributed by atoms with Gasteiger partial charge >= 0.3 is 0 Å². The molecule has 0 spiro atoms. The van der Waals surface area contributed by atoms with Gasteiger partial charge in [-0.1, -0.05) is 24.3 Å². The molecule has 0 heterocycles. The smallest absolute Gasteiger partial charge is 0.223 e. The number of benzene rings is 1. The summed E-state index contributed by atoms with van der Waals surface area (Å²) in [5, 5.41) is 2.96. The summed E-state index contributed by atoms with van der Waals surface area (Å²) >= 11 is 0. The molecule has 1 N–H and O–H groups in total. The fraction of sp³-hybridized carbons (Fsp3) is 0.400. The Morgan fingerprint density at radius 3 is 2.59 bits per heavy atom. The molecular formula is C15H17NO. The first-order chi connectivity index (χ1) is 8.31. The van der Waals surface area contributed by atoms with Gasteiger partial charge in [-0.3, -0.25) is 4.79 Å². The van der Waals surface area contributed by atoms with Gasteiger partial charge in [0.05, 0.1) is 0 Å². The van der Waals surface area contributed by atoms with Gasteiger partial charge in [-0.15, -0.1) is 12.3 Å². The maximum atomic E-state index is 11.9. The van der Waals surface area contributed by atoms with Crippen LogP contribution in [-0.2, 0) is 17.6 Å². The molecular weight excluding hydrogens is 210 g/mol. The summed E-state index contributed by atoms with van der Waals surface area (Å²) < 4.78 is 0. The quantitative estimate of drug-likeness (QED) is 0.618. The fourth-order valence-electron chi connectivity index (χ4n) is 2.29. The van der Waals surface area contributed by atoms with Gasteiger partial charge in [0.1, 0.15) is 0 Å². The van der Waals surface area contributed by atoms with Gasteiger partial charge in [-0.2, -0.15) is 0 Å². The predicted octanol–water partition coefficient (Wildman–Crippen LogP) is 1.93. The third-order valence-corrected chi connectivity index (χ3v) is 3.22.